The van der Waals surface area contributed by atoms with Crippen molar-refractivity contribution in [1.29, 1.82) is 0 Å². The van der Waals surface area contributed by atoms with Gasteiger partial charge in [-0.1, -0.05) is 54.1 Å². The Morgan fingerprint density at radius 3 is 2.21 bits per heavy atom. The van der Waals surface area contributed by atoms with E-state index in [1.165, 1.54) is 6.07 Å². The lowest BCUT2D eigenvalue weighted by Gasteiger charge is -2.37. The summed E-state index contributed by atoms with van der Waals surface area (Å²) in [6, 6.07) is 38.6. The van der Waals surface area contributed by atoms with Gasteiger partial charge in [-0.2, -0.15) is 0 Å². The molecule has 3 N–H and O–H groups in total. The topological polar surface area (TPSA) is 128 Å². The molecule has 1 atom stereocenters. The quantitative estimate of drug-likeness (QED) is 0.0356. The van der Waals surface area contributed by atoms with Crippen molar-refractivity contribution in [1.82, 2.24) is 14.8 Å². The van der Waals surface area contributed by atoms with Gasteiger partial charge in [0.05, 0.1) is 21.1 Å². The maximum atomic E-state index is 13.9. The molecule has 12 nitrogen and oxygen atoms in total. The van der Waals surface area contributed by atoms with Crippen LogP contribution in [0.4, 0.5) is 28.4 Å². The van der Waals surface area contributed by atoms with Gasteiger partial charge in [-0.3, -0.25) is 14.9 Å². The van der Waals surface area contributed by atoms with Crippen LogP contribution in [0.1, 0.15) is 16.1 Å². The molecule has 0 spiro atoms. The minimum atomic E-state index is -1.71. The van der Waals surface area contributed by atoms with E-state index in [9.17, 15) is 19.1 Å². The predicted molar refractivity (Wildman–Crippen MR) is 257 cm³/mol. The molecule has 1 saturated heterocycles. The summed E-state index contributed by atoms with van der Waals surface area (Å²) in [4.78, 5) is 33.6. The summed E-state index contributed by atoms with van der Waals surface area (Å²) in [6.07, 6.45) is 0. The summed E-state index contributed by atoms with van der Waals surface area (Å²) in [5.74, 6) is 0.635. The monoisotopic (exact) mass is 890 g/mol. The molecular formula is C47H51ClN8O4S2. The maximum Gasteiger partial charge on any atom is 0.293 e. The van der Waals surface area contributed by atoms with Crippen LogP contribution in [0.2, 0.25) is 5.02 Å². The lowest BCUT2D eigenvalue weighted by atomic mass is 9.95. The highest BCUT2D eigenvalue weighted by Gasteiger charge is 2.27. The van der Waals surface area contributed by atoms with Gasteiger partial charge in [0.2, 0.25) is 0 Å². The summed E-state index contributed by atoms with van der Waals surface area (Å²) in [5, 5.41) is 18.9. The van der Waals surface area contributed by atoms with Crippen LogP contribution in [0.5, 0.6) is 0 Å². The fraction of sp³-hybridized carbons (Fsp3) is 0.255. The van der Waals surface area contributed by atoms with E-state index in [1.54, 1.807) is 23.9 Å². The van der Waals surface area contributed by atoms with Crippen LogP contribution in [-0.4, -0.2) is 90.2 Å². The minimum Gasteiger partial charge on any atom is -0.379 e. The molecule has 322 valence electrons. The van der Waals surface area contributed by atoms with Crippen LogP contribution in [0.25, 0.3) is 22.4 Å². The van der Waals surface area contributed by atoms with E-state index < -0.39 is 15.9 Å². The number of carbonyl (C=O) groups excluding carboxylic acids is 1. The smallest absolute Gasteiger partial charge is 0.293 e. The number of anilines is 4. The van der Waals surface area contributed by atoms with E-state index >= 15 is 0 Å². The lowest BCUT2D eigenvalue weighted by Crippen LogP contribution is -2.46. The largest absolute Gasteiger partial charge is 0.379 e. The first kappa shape index (κ1) is 44.3. The third-order valence-corrected chi connectivity index (χ3v) is 13.3. The minimum absolute atomic E-state index is 0.0996. The first-order valence-corrected chi connectivity index (χ1v) is 23.0. The maximum absolute atomic E-state index is 13.9. The van der Waals surface area contributed by atoms with Crippen LogP contribution in [-0.2, 0) is 18.0 Å². The number of nitrogens with one attached hydrogen (secondary N) is 3. The molecular weight excluding hydrogens is 840 g/mol. The number of aromatic nitrogens is 1. The van der Waals surface area contributed by atoms with Crippen molar-refractivity contribution < 1.29 is 13.9 Å². The Hall–Kier alpha value is -5.80. The molecule has 6 aromatic rings. The number of rotatable bonds is 17. The lowest BCUT2D eigenvalue weighted by molar-refractivity contribution is -0.384. The third kappa shape index (κ3) is 10.6. The zero-order chi connectivity index (χ0) is 43.8. The fourth-order valence-electron chi connectivity index (χ4n) is 7.57. The highest BCUT2D eigenvalue weighted by molar-refractivity contribution is 7.99. The van der Waals surface area contributed by atoms with Crippen molar-refractivity contribution in [2.75, 3.05) is 85.5 Å². The van der Waals surface area contributed by atoms with Gasteiger partial charge in [-0.15, -0.1) is 11.8 Å². The zero-order valence-electron chi connectivity index (χ0n) is 35.3. The molecule has 1 unspecified atom stereocenters. The van der Waals surface area contributed by atoms with E-state index in [4.69, 9.17) is 11.6 Å². The van der Waals surface area contributed by atoms with Crippen molar-refractivity contribution in [3.05, 3.63) is 148 Å². The molecule has 1 amide bonds. The van der Waals surface area contributed by atoms with E-state index in [0.717, 1.165) is 82.8 Å². The SMILES string of the molecule is Cc1c(C(=O)NCCN(C)C)c(-c2cccc(N3CCN(c4ccc(NS(=O)c5ccc(NCCSc6ccccc6)c([N+](=O)[O-])c5)cc4)CC3)c2)c(-c2ccc(Cl)cc2)n1C. The Kier molecular flexibility index (Phi) is 14.5. The molecule has 1 aliphatic heterocycles. The molecule has 1 fully saturated rings. The van der Waals surface area contributed by atoms with Crippen LogP contribution < -0.4 is 25.2 Å². The van der Waals surface area contributed by atoms with Crippen molar-refractivity contribution in [2.45, 2.75) is 16.7 Å². The van der Waals surface area contributed by atoms with Gasteiger partial charge >= 0.3 is 0 Å². The van der Waals surface area contributed by atoms with Crippen molar-refractivity contribution in [3.8, 4) is 22.4 Å². The highest BCUT2D eigenvalue weighted by Crippen LogP contribution is 2.40. The Balaban J connectivity index is 0.997. The molecule has 1 aliphatic rings. The summed E-state index contributed by atoms with van der Waals surface area (Å²) in [5.41, 5.74) is 8.37. The molecule has 62 heavy (non-hydrogen) atoms. The summed E-state index contributed by atoms with van der Waals surface area (Å²) in [7, 11) is 4.27. The normalized spacial score (nSPS) is 13.3. The second kappa shape index (κ2) is 20.4. The number of thioether (sulfide) groups is 1. The average molecular weight is 892 g/mol. The van der Waals surface area contributed by atoms with Gasteiger partial charge in [0.15, 0.2) is 11.0 Å². The number of hydrogen-bond donors (Lipinski definition) is 3. The Morgan fingerprint density at radius 2 is 1.53 bits per heavy atom. The van der Waals surface area contributed by atoms with Gasteiger partial charge in [0.1, 0.15) is 5.69 Å². The van der Waals surface area contributed by atoms with Gasteiger partial charge in [-0.05, 0) is 105 Å². The molecule has 1 aromatic heterocycles. The number of amides is 1. The zero-order valence-corrected chi connectivity index (χ0v) is 37.7. The predicted octanol–water partition coefficient (Wildman–Crippen LogP) is 9.19. The first-order chi connectivity index (χ1) is 30.0. The Bertz CT molecular complexity index is 2530. The standard InChI is InChI=1S/C47H51ClN8O4S2/c1-33-44(47(57)50-23-25-52(2)3)45(46(53(33)4)34-13-15-36(48)16-14-34)35-9-8-10-39(31-35)55-28-26-54(27-29-55)38-19-17-37(18-20-38)51-62(60)41-21-22-42(43(32-41)56(58)59)49-24-30-61-40-11-6-5-7-12-40/h5-22,31-32,49,51H,23-30H2,1-4H3,(H,50,57). The number of nitro groups is 1. The van der Waals surface area contributed by atoms with Crippen molar-refractivity contribution in [3.63, 3.8) is 0 Å². The number of hydrogen-bond acceptors (Lipinski definition) is 9. The van der Waals surface area contributed by atoms with Crippen LogP contribution >= 0.6 is 23.4 Å². The van der Waals surface area contributed by atoms with Gasteiger partial charge < -0.3 is 34.6 Å². The summed E-state index contributed by atoms with van der Waals surface area (Å²) < 4.78 is 18.4. The Morgan fingerprint density at radius 1 is 0.839 bits per heavy atom. The number of piperazine rings is 1. The van der Waals surface area contributed by atoms with Gasteiger partial charge in [0.25, 0.3) is 11.6 Å². The number of benzene rings is 5. The number of nitrogens with zero attached hydrogens (tertiary/aromatic N) is 5. The van der Waals surface area contributed by atoms with Crippen molar-refractivity contribution >= 4 is 68.7 Å². The summed E-state index contributed by atoms with van der Waals surface area (Å²) >= 11 is 7.96. The molecule has 0 bridgehead atoms. The van der Waals surface area contributed by atoms with E-state index in [-0.39, 0.29) is 11.6 Å². The number of nitro benzene ring substituents is 1. The highest BCUT2D eigenvalue weighted by atomic mass is 35.5. The third-order valence-electron chi connectivity index (χ3n) is 10.9. The summed E-state index contributed by atoms with van der Waals surface area (Å²) in [6.45, 7) is 6.96. The molecule has 2 heterocycles. The van der Waals surface area contributed by atoms with E-state index in [1.807, 2.05) is 112 Å². The van der Waals surface area contributed by atoms with Crippen LogP contribution in [0.15, 0.2) is 131 Å². The van der Waals surface area contributed by atoms with Gasteiger partial charge in [0, 0.05) is 103 Å². The number of halogens is 1. The molecule has 5 aromatic carbocycles. The molecule has 15 heteroatoms. The average Bonchev–Trinajstić information content (AvgIpc) is 3.55. The van der Waals surface area contributed by atoms with Crippen molar-refractivity contribution in [2.24, 2.45) is 7.05 Å². The molecule has 0 aliphatic carbocycles. The van der Waals surface area contributed by atoms with Gasteiger partial charge in [-0.25, -0.2) is 4.21 Å². The molecule has 0 saturated carbocycles. The fourth-order valence-corrected chi connectivity index (χ4v) is 9.37. The second-order valence-electron chi connectivity index (χ2n) is 15.3. The molecule has 0 radical (unpaired) electrons. The van der Waals surface area contributed by atoms with Crippen LogP contribution in [0.3, 0.4) is 0 Å². The Labute approximate surface area is 375 Å². The molecule has 7 rings (SSSR count). The van der Waals surface area contributed by atoms with Crippen LogP contribution in [0, 0.1) is 17.0 Å². The number of likely N-dealkylation sites (N-methyl/N-ethyl adjacent to an activating group) is 1. The van der Waals surface area contributed by atoms with E-state index in [2.05, 4.69) is 54.0 Å². The number of carbonyl (C=O) groups is 1. The van der Waals surface area contributed by atoms with E-state index in [0.29, 0.717) is 39.9 Å². The second-order valence-corrected chi connectivity index (χ2v) is 18.1. The first-order valence-electron chi connectivity index (χ1n) is 20.4.